The highest BCUT2D eigenvalue weighted by Crippen LogP contribution is 2.33. The van der Waals surface area contributed by atoms with Crippen LogP contribution >= 0.6 is 0 Å². The molecule has 8 nitrogen and oxygen atoms in total. The number of alkyl halides is 1. The number of nitrogens with zero attached hydrogens (tertiary/aromatic N) is 6. The summed E-state index contributed by atoms with van der Waals surface area (Å²) in [5.41, 5.74) is 11.7. The minimum Gasteiger partial charge on any atom is -0.385 e. The van der Waals surface area contributed by atoms with Crippen LogP contribution in [0.4, 0.5) is 14.6 Å². The zero-order valence-corrected chi connectivity index (χ0v) is 21.0. The molecule has 1 aliphatic heterocycles. The lowest BCUT2D eigenvalue weighted by molar-refractivity contribution is 0.0588. The maximum Gasteiger partial charge on any atom is 0.157 e. The van der Waals surface area contributed by atoms with E-state index in [4.69, 9.17) is 20.9 Å². The molecule has 4 heterocycles. The Kier molecular flexibility index (Phi) is 5.91. The average Bonchev–Trinajstić information content (AvgIpc) is 3.53. The van der Waals surface area contributed by atoms with Crippen LogP contribution in [0.15, 0.2) is 42.6 Å². The minimum atomic E-state index is -0.745. The summed E-state index contributed by atoms with van der Waals surface area (Å²) in [7, 11) is 0. The molecule has 6 rings (SSSR count). The number of nitrogens with one attached hydrogen (secondary N) is 1. The van der Waals surface area contributed by atoms with Gasteiger partial charge in [0, 0.05) is 60.6 Å². The first kappa shape index (κ1) is 23.6. The second-order valence-electron chi connectivity index (χ2n) is 10.1. The van der Waals surface area contributed by atoms with Crippen molar-refractivity contribution in [2.24, 2.45) is 5.92 Å². The van der Waals surface area contributed by atoms with Crippen molar-refractivity contribution in [1.82, 2.24) is 34.4 Å². The van der Waals surface area contributed by atoms with Gasteiger partial charge in [0.05, 0.1) is 5.69 Å². The number of aromatic amines is 1. The molecule has 10 heteroatoms. The van der Waals surface area contributed by atoms with E-state index in [0.717, 1.165) is 45.8 Å². The smallest absolute Gasteiger partial charge is 0.157 e. The Labute approximate surface area is 213 Å². The molecule has 192 valence electrons. The van der Waals surface area contributed by atoms with Crippen molar-refractivity contribution in [2.45, 2.75) is 46.0 Å². The van der Waals surface area contributed by atoms with Gasteiger partial charge in [-0.3, -0.25) is 4.90 Å². The molecule has 0 bridgehead atoms. The Balaban J connectivity index is 1.46. The topological polar surface area (TPSA) is 93.6 Å². The summed E-state index contributed by atoms with van der Waals surface area (Å²) in [6.07, 6.45) is 3.34. The fourth-order valence-electron chi connectivity index (χ4n) is 4.90. The van der Waals surface area contributed by atoms with Gasteiger partial charge < -0.3 is 10.7 Å². The van der Waals surface area contributed by atoms with Crippen LogP contribution < -0.4 is 5.73 Å². The quantitative estimate of drug-likeness (QED) is 0.399. The van der Waals surface area contributed by atoms with Gasteiger partial charge >= 0.3 is 0 Å². The number of aromatic nitrogens is 6. The SMILES string of the molecule is Cc1nn(-c2cc(N)[nH]c3c(ccn2)c(-c2ccc(F)cc2)nn3CC2CC2)c(C)c1CN1CC(F)C1. The lowest BCUT2D eigenvalue weighted by atomic mass is 10.1. The number of likely N-dealkylation sites (tertiary alicyclic amines) is 1. The molecule has 1 aliphatic carbocycles. The predicted octanol–water partition coefficient (Wildman–Crippen LogP) is 4.64. The van der Waals surface area contributed by atoms with Gasteiger partial charge in [-0.05, 0) is 62.9 Å². The number of rotatable bonds is 6. The first-order valence-electron chi connectivity index (χ1n) is 12.6. The third-order valence-corrected chi connectivity index (χ3v) is 7.18. The summed E-state index contributed by atoms with van der Waals surface area (Å²) in [5.74, 6) is 1.27. The zero-order valence-electron chi connectivity index (χ0n) is 21.0. The van der Waals surface area contributed by atoms with E-state index in [1.54, 1.807) is 29.1 Å². The van der Waals surface area contributed by atoms with E-state index < -0.39 is 6.17 Å². The molecule has 4 aromatic rings. The van der Waals surface area contributed by atoms with E-state index in [2.05, 4.69) is 9.88 Å². The van der Waals surface area contributed by atoms with Crippen molar-refractivity contribution in [3.8, 4) is 17.1 Å². The van der Waals surface area contributed by atoms with Crippen molar-refractivity contribution in [3.63, 3.8) is 0 Å². The number of aryl methyl sites for hydroxylation is 1. The van der Waals surface area contributed by atoms with Gasteiger partial charge in [0.15, 0.2) is 5.82 Å². The summed E-state index contributed by atoms with van der Waals surface area (Å²) in [5, 5.41) is 10.4. The Hall–Kier alpha value is -3.79. The molecule has 0 unspecified atom stereocenters. The third-order valence-electron chi connectivity index (χ3n) is 7.18. The van der Waals surface area contributed by atoms with E-state index in [0.29, 0.717) is 37.2 Å². The highest BCUT2D eigenvalue weighted by Gasteiger charge is 2.28. The molecule has 3 aromatic heterocycles. The monoisotopic (exact) mass is 504 g/mol. The van der Waals surface area contributed by atoms with Crippen LogP contribution in [0.2, 0.25) is 0 Å². The molecule has 2 fully saturated rings. The number of fused-ring (bicyclic) bond motifs is 1. The molecule has 1 aromatic carbocycles. The molecule has 1 saturated heterocycles. The molecule has 0 radical (unpaired) electrons. The number of halogens is 2. The van der Waals surface area contributed by atoms with Crippen LogP contribution in [0.25, 0.3) is 28.1 Å². The Bertz CT molecular complexity index is 1510. The first-order valence-corrected chi connectivity index (χ1v) is 12.6. The van der Waals surface area contributed by atoms with Crippen molar-refractivity contribution in [1.29, 1.82) is 0 Å². The van der Waals surface area contributed by atoms with Crippen LogP contribution in [-0.2, 0) is 13.1 Å². The van der Waals surface area contributed by atoms with Gasteiger partial charge in [0.25, 0.3) is 0 Å². The van der Waals surface area contributed by atoms with Crippen LogP contribution in [0.1, 0.15) is 29.8 Å². The molecule has 0 atom stereocenters. The van der Waals surface area contributed by atoms with Crippen molar-refractivity contribution in [3.05, 3.63) is 65.4 Å². The van der Waals surface area contributed by atoms with Crippen molar-refractivity contribution < 1.29 is 8.78 Å². The Morgan fingerprint density at radius 1 is 1.08 bits per heavy atom. The van der Waals surface area contributed by atoms with Gasteiger partial charge in [0.1, 0.15) is 29.1 Å². The summed E-state index contributed by atoms with van der Waals surface area (Å²) in [4.78, 5) is 10.1. The lowest BCUT2D eigenvalue weighted by Crippen LogP contribution is -2.47. The van der Waals surface area contributed by atoms with E-state index in [-0.39, 0.29) is 5.82 Å². The van der Waals surface area contributed by atoms with Gasteiger partial charge in [-0.2, -0.15) is 10.2 Å². The van der Waals surface area contributed by atoms with Gasteiger partial charge in [0.2, 0.25) is 0 Å². The summed E-state index contributed by atoms with van der Waals surface area (Å²) < 4.78 is 30.7. The highest BCUT2D eigenvalue weighted by atomic mass is 19.1. The van der Waals surface area contributed by atoms with Gasteiger partial charge in [-0.25, -0.2) is 23.1 Å². The fraction of sp³-hybridized carbons (Fsp3) is 0.370. The van der Waals surface area contributed by atoms with Crippen LogP contribution in [-0.4, -0.2) is 53.7 Å². The predicted molar refractivity (Wildman–Crippen MR) is 139 cm³/mol. The van der Waals surface area contributed by atoms with Crippen LogP contribution in [0, 0.1) is 25.6 Å². The van der Waals surface area contributed by atoms with Gasteiger partial charge in [-0.1, -0.05) is 0 Å². The van der Waals surface area contributed by atoms with Crippen LogP contribution in [0.3, 0.4) is 0 Å². The normalized spacial score (nSPS) is 16.2. The number of benzene rings is 1. The summed E-state index contributed by atoms with van der Waals surface area (Å²) in [6, 6.07) is 10.00. The van der Waals surface area contributed by atoms with Crippen LogP contribution in [0.5, 0.6) is 0 Å². The maximum absolute atomic E-state index is 13.6. The number of anilines is 1. The van der Waals surface area contributed by atoms with Crippen molar-refractivity contribution in [2.75, 3.05) is 18.8 Å². The van der Waals surface area contributed by atoms with E-state index >= 15 is 0 Å². The number of nitrogen functional groups attached to an aromatic ring is 1. The largest absolute Gasteiger partial charge is 0.385 e. The molecule has 3 N–H and O–H groups in total. The number of nitrogens with two attached hydrogens (primary N) is 1. The second kappa shape index (κ2) is 9.26. The van der Waals surface area contributed by atoms with Crippen molar-refractivity contribution >= 4 is 16.9 Å². The molecule has 1 saturated carbocycles. The summed E-state index contributed by atoms with van der Waals surface area (Å²) in [6.45, 7) is 6.30. The van der Waals surface area contributed by atoms with E-state index in [9.17, 15) is 8.78 Å². The molecule has 2 aliphatic rings. The first-order chi connectivity index (χ1) is 17.9. The van der Waals surface area contributed by atoms with E-state index in [1.807, 2.05) is 24.6 Å². The molecule has 0 amide bonds. The third kappa shape index (κ3) is 4.69. The Morgan fingerprint density at radius 2 is 1.84 bits per heavy atom. The number of hydrogen-bond acceptors (Lipinski definition) is 5. The lowest BCUT2D eigenvalue weighted by Gasteiger charge is -2.34. The number of H-pyrrole nitrogens is 1. The average molecular weight is 505 g/mol. The fourth-order valence-corrected chi connectivity index (χ4v) is 4.90. The summed E-state index contributed by atoms with van der Waals surface area (Å²) >= 11 is 0. The molecule has 37 heavy (non-hydrogen) atoms. The molecule has 0 spiro atoms. The maximum atomic E-state index is 13.6. The minimum absolute atomic E-state index is 0.293. The zero-order chi connectivity index (χ0) is 25.7. The van der Waals surface area contributed by atoms with E-state index in [1.165, 1.54) is 25.0 Å². The second-order valence-corrected chi connectivity index (χ2v) is 10.1. The highest BCUT2D eigenvalue weighted by molar-refractivity contribution is 5.91. The molecular weight excluding hydrogens is 474 g/mol. The standard InChI is InChI=1S/C27H30F2N8/c1-16-23(15-35-13-21(29)14-35)17(2)37(33-16)25-11-24(30)32-27-22(9-10-31-25)26(19-5-7-20(28)8-6-19)34-36(27)12-18-3-4-18/h5-11,18,21,32H,3-4,12-15,30H2,1-2H3. The number of hydrogen-bond donors (Lipinski definition) is 2. The Morgan fingerprint density at radius 3 is 2.54 bits per heavy atom. The molecular formula is C27H30F2N8. The van der Waals surface area contributed by atoms with Gasteiger partial charge in [-0.15, -0.1) is 0 Å².